The van der Waals surface area contributed by atoms with Gasteiger partial charge >= 0.3 is 0 Å². The molecule has 0 aliphatic carbocycles. The summed E-state index contributed by atoms with van der Waals surface area (Å²) in [5, 5.41) is 3.70. The summed E-state index contributed by atoms with van der Waals surface area (Å²) in [5.41, 5.74) is 2.46. The van der Waals surface area contributed by atoms with Crippen LogP contribution in [-0.2, 0) is 32.6 Å². The van der Waals surface area contributed by atoms with Gasteiger partial charge in [0.25, 0.3) is 10.0 Å². The van der Waals surface area contributed by atoms with Crippen molar-refractivity contribution in [3.63, 3.8) is 0 Å². The highest BCUT2D eigenvalue weighted by Gasteiger charge is 2.35. The summed E-state index contributed by atoms with van der Waals surface area (Å²) >= 11 is 12.7. The number of amides is 2. The van der Waals surface area contributed by atoms with E-state index in [9.17, 15) is 18.0 Å². The van der Waals surface area contributed by atoms with Gasteiger partial charge in [0.2, 0.25) is 11.8 Å². The van der Waals surface area contributed by atoms with Crippen LogP contribution >= 0.6 is 23.2 Å². The maximum absolute atomic E-state index is 14.6. The molecule has 1 atom stereocenters. The Hall–Kier alpha value is -4.05. The molecule has 4 rings (SSSR count). The van der Waals surface area contributed by atoms with Crippen LogP contribution in [0.4, 0.5) is 5.69 Å². The van der Waals surface area contributed by atoms with E-state index in [0.29, 0.717) is 17.1 Å². The SMILES string of the molecule is COc1ccc(Cl)cc1N(CC(=O)N(Cc1cccc(Cl)c1)[C@@H](Cc1ccccc1)C(=O)NCC(C)C)S(=O)(=O)c1ccc(C)cc1. The molecule has 0 aliphatic rings. The second kappa shape index (κ2) is 16.2. The number of rotatable bonds is 14. The Balaban J connectivity index is 1.85. The Kier molecular flexibility index (Phi) is 12.3. The number of sulfonamides is 1. The van der Waals surface area contributed by atoms with Crippen LogP contribution < -0.4 is 14.4 Å². The fourth-order valence-corrected chi connectivity index (χ4v) is 6.81. The van der Waals surface area contributed by atoms with Crippen molar-refractivity contribution in [2.45, 2.75) is 44.7 Å². The van der Waals surface area contributed by atoms with Gasteiger partial charge in [0.05, 0.1) is 17.7 Å². The minimum atomic E-state index is -4.33. The zero-order valence-electron chi connectivity index (χ0n) is 26.8. The van der Waals surface area contributed by atoms with Gasteiger partial charge in [-0.3, -0.25) is 13.9 Å². The van der Waals surface area contributed by atoms with Crippen molar-refractivity contribution >= 4 is 50.7 Å². The predicted octanol–water partition coefficient (Wildman–Crippen LogP) is 6.92. The fraction of sp³-hybridized carbons (Fsp3) is 0.278. The van der Waals surface area contributed by atoms with Gasteiger partial charge in [-0.05, 0) is 66.4 Å². The van der Waals surface area contributed by atoms with Crippen molar-refractivity contribution in [1.82, 2.24) is 10.2 Å². The van der Waals surface area contributed by atoms with Gasteiger partial charge in [-0.1, -0.05) is 97.2 Å². The van der Waals surface area contributed by atoms with Crippen LogP contribution in [0.15, 0.2) is 102 Å². The second-order valence-corrected chi connectivity index (χ2v) is 14.4. The Bertz CT molecular complexity index is 1780. The summed E-state index contributed by atoms with van der Waals surface area (Å²) < 4.78 is 35.2. The van der Waals surface area contributed by atoms with E-state index in [2.05, 4.69) is 5.32 Å². The van der Waals surface area contributed by atoms with E-state index in [1.54, 1.807) is 48.5 Å². The predicted molar refractivity (Wildman–Crippen MR) is 187 cm³/mol. The monoisotopic (exact) mass is 695 g/mol. The lowest BCUT2D eigenvalue weighted by atomic mass is 10.0. The van der Waals surface area contributed by atoms with E-state index in [-0.39, 0.29) is 46.1 Å². The highest BCUT2D eigenvalue weighted by molar-refractivity contribution is 7.92. The first-order valence-corrected chi connectivity index (χ1v) is 17.4. The molecule has 0 aliphatic heterocycles. The van der Waals surface area contributed by atoms with Crippen LogP contribution in [0, 0.1) is 12.8 Å². The molecule has 8 nitrogen and oxygen atoms in total. The average Bonchev–Trinajstić information content (AvgIpc) is 3.04. The van der Waals surface area contributed by atoms with E-state index in [1.165, 1.54) is 30.2 Å². The summed E-state index contributed by atoms with van der Waals surface area (Å²) in [4.78, 5) is 29.9. The largest absolute Gasteiger partial charge is 0.495 e. The number of aryl methyl sites for hydroxylation is 1. The van der Waals surface area contributed by atoms with Crippen LogP contribution in [-0.4, -0.2) is 51.4 Å². The zero-order chi connectivity index (χ0) is 34.1. The normalized spacial score (nSPS) is 12.0. The highest BCUT2D eigenvalue weighted by Crippen LogP contribution is 2.35. The number of nitrogens with zero attached hydrogens (tertiary/aromatic N) is 2. The summed E-state index contributed by atoms with van der Waals surface area (Å²) in [5.74, 6) is -0.594. The number of methoxy groups -OCH3 is 1. The molecule has 11 heteroatoms. The first-order valence-electron chi connectivity index (χ1n) is 15.2. The van der Waals surface area contributed by atoms with Crippen LogP contribution in [0.5, 0.6) is 5.75 Å². The molecule has 4 aromatic carbocycles. The van der Waals surface area contributed by atoms with E-state index in [4.69, 9.17) is 27.9 Å². The van der Waals surface area contributed by atoms with Crippen LogP contribution in [0.1, 0.15) is 30.5 Å². The van der Waals surface area contributed by atoms with Gasteiger partial charge < -0.3 is 15.0 Å². The highest BCUT2D eigenvalue weighted by atomic mass is 35.5. The van der Waals surface area contributed by atoms with Gasteiger partial charge in [-0.2, -0.15) is 0 Å². The average molecular weight is 697 g/mol. The Labute approximate surface area is 287 Å². The van der Waals surface area contributed by atoms with Gasteiger partial charge in [-0.15, -0.1) is 0 Å². The molecule has 0 saturated carbocycles. The van der Waals surface area contributed by atoms with Crippen molar-refractivity contribution in [1.29, 1.82) is 0 Å². The Morgan fingerprint density at radius 3 is 2.15 bits per heavy atom. The topological polar surface area (TPSA) is 96.0 Å². The third-order valence-corrected chi connectivity index (χ3v) is 9.74. The molecule has 2 amide bonds. The minimum Gasteiger partial charge on any atom is -0.495 e. The molecule has 0 fully saturated rings. The maximum atomic E-state index is 14.6. The molecule has 0 spiro atoms. The molecular formula is C36H39Cl2N3O5S. The number of carbonyl (C=O) groups excluding carboxylic acids is 2. The summed E-state index contributed by atoms with van der Waals surface area (Å²) in [6.07, 6.45) is 0.197. The molecule has 0 bridgehead atoms. The first kappa shape index (κ1) is 35.8. The quantitative estimate of drug-likeness (QED) is 0.155. The van der Waals surface area contributed by atoms with Crippen molar-refractivity contribution in [3.8, 4) is 5.75 Å². The van der Waals surface area contributed by atoms with E-state index < -0.39 is 28.5 Å². The van der Waals surface area contributed by atoms with Crippen LogP contribution in [0.2, 0.25) is 10.0 Å². The third kappa shape index (κ3) is 9.50. The van der Waals surface area contributed by atoms with Gasteiger partial charge in [0.15, 0.2) is 0 Å². The molecular weight excluding hydrogens is 657 g/mol. The summed E-state index contributed by atoms with van der Waals surface area (Å²) in [6.45, 7) is 5.56. The number of ether oxygens (including phenoxy) is 1. The first-order chi connectivity index (χ1) is 22.4. The lowest BCUT2D eigenvalue weighted by Crippen LogP contribution is -2.53. The minimum absolute atomic E-state index is 0.00288. The smallest absolute Gasteiger partial charge is 0.264 e. The molecule has 4 aromatic rings. The molecule has 0 unspecified atom stereocenters. The maximum Gasteiger partial charge on any atom is 0.264 e. The molecule has 0 radical (unpaired) electrons. The molecule has 1 N–H and O–H groups in total. The number of anilines is 1. The van der Waals surface area contributed by atoms with E-state index in [0.717, 1.165) is 15.4 Å². The van der Waals surface area contributed by atoms with E-state index in [1.807, 2.05) is 51.1 Å². The van der Waals surface area contributed by atoms with Gasteiger partial charge in [-0.25, -0.2) is 8.42 Å². The number of hydrogen-bond donors (Lipinski definition) is 1. The van der Waals surface area contributed by atoms with Crippen LogP contribution in [0.3, 0.4) is 0 Å². The molecule has 47 heavy (non-hydrogen) atoms. The summed E-state index contributed by atoms with van der Waals surface area (Å²) in [6, 6.07) is 26.3. The standard InChI is InChI=1S/C36H39Cl2N3O5S/c1-25(2)22-39-36(43)33(20-27-9-6-5-7-10-27)40(23-28-11-8-12-29(37)19-28)35(42)24-41(32-21-30(38)15-18-34(32)46-4)47(44,45)31-16-13-26(3)14-17-31/h5-19,21,25,33H,20,22-24H2,1-4H3,(H,39,43)/t33-/m0/s1. The second-order valence-electron chi connectivity index (χ2n) is 11.6. The Morgan fingerprint density at radius 2 is 1.51 bits per heavy atom. The lowest BCUT2D eigenvalue weighted by molar-refractivity contribution is -0.140. The number of hydrogen-bond acceptors (Lipinski definition) is 5. The number of halogens is 2. The number of nitrogens with one attached hydrogen (secondary N) is 1. The Morgan fingerprint density at radius 1 is 0.851 bits per heavy atom. The molecule has 0 saturated heterocycles. The number of benzene rings is 4. The lowest BCUT2D eigenvalue weighted by Gasteiger charge is -2.34. The number of carbonyl (C=O) groups is 2. The zero-order valence-corrected chi connectivity index (χ0v) is 29.1. The molecule has 0 heterocycles. The van der Waals surface area contributed by atoms with Gasteiger partial charge in [0.1, 0.15) is 18.3 Å². The fourth-order valence-electron chi connectivity index (χ4n) is 5.02. The molecule has 0 aromatic heterocycles. The third-order valence-electron chi connectivity index (χ3n) is 7.50. The van der Waals surface area contributed by atoms with E-state index >= 15 is 0 Å². The van der Waals surface area contributed by atoms with Gasteiger partial charge in [0, 0.05) is 29.6 Å². The molecule has 248 valence electrons. The van der Waals surface area contributed by atoms with Crippen molar-refractivity contribution in [2.24, 2.45) is 5.92 Å². The van der Waals surface area contributed by atoms with Crippen molar-refractivity contribution < 1.29 is 22.7 Å². The van der Waals surface area contributed by atoms with Crippen LogP contribution in [0.25, 0.3) is 0 Å². The van der Waals surface area contributed by atoms with Crippen molar-refractivity contribution in [2.75, 3.05) is 24.5 Å². The van der Waals surface area contributed by atoms with Crippen molar-refractivity contribution in [3.05, 3.63) is 124 Å². The summed E-state index contributed by atoms with van der Waals surface area (Å²) in [7, 11) is -2.92.